The molecular weight excluding hydrogens is 392 g/mol. The van der Waals surface area contributed by atoms with Crippen LogP contribution in [0.2, 0.25) is 5.02 Å². The number of rotatable bonds is 6. The monoisotopic (exact) mass is 420 g/mol. The number of piperidine rings is 1. The van der Waals surface area contributed by atoms with E-state index in [1.807, 2.05) is 12.1 Å². The lowest BCUT2D eigenvalue weighted by molar-refractivity contribution is -0.132. The van der Waals surface area contributed by atoms with E-state index in [-0.39, 0.29) is 36.2 Å². The zero-order valence-corrected chi connectivity index (χ0v) is 17.3. The van der Waals surface area contributed by atoms with Crippen molar-refractivity contribution in [3.05, 3.63) is 34.9 Å². The van der Waals surface area contributed by atoms with Crippen LogP contribution in [-0.2, 0) is 16.1 Å². The van der Waals surface area contributed by atoms with E-state index in [0.717, 1.165) is 31.2 Å². The van der Waals surface area contributed by atoms with Gasteiger partial charge >= 0.3 is 6.03 Å². The molecule has 0 spiro atoms. The van der Waals surface area contributed by atoms with Crippen molar-refractivity contribution in [3.8, 4) is 0 Å². The highest BCUT2D eigenvalue weighted by Crippen LogP contribution is 2.24. The highest BCUT2D eigenvalue weighted by molar-refractivity contribution is 6.30. The molecule has 1 saturated heterocycles. The van der Waals surface area contributed by atoms with Crippen molar-refractivity contribution in [2.24, 2.45) is 11.8 Å². The first-order valence-corrected chi connectivity index (χ1v) is 10.7. The zero-order valence-electron chi connectivity index (χ0n) is 16.5. The minimum atomic E-state index is -0.203. The van der Waals surface area contributed by atoms with Crippen molar-refractivity contribution < 1.29 is 14.4 Å². The summed E-state index contributed by atoms with van der Waals surface area (Å²) in [6.07, 6.45) is 4.73. The molecule has 1 aromatic rings. The second kappa shape index (κ2) is 10.5. The maximum Gasteiger partial charge on any atom is 0.315 e. The van der Waals surface area contributed by atoms with E-state index in [1.165, 1.54) is 0 Å². The van der Waals surface area contributed by atoms with Crippen molar-refractivity contribution in [1.29, 1.82) is 0 Å². The molecule has 1 atom stereocenters. The Balaban J connectivity index is 1.30. The van der Waals surface area contributed by atoms with E-state index in [1.54, 1.807) is 12.1 Å². The summed E-state index contributed by atoms with van der Waals surface area (Å²) in [6.45, 7) is 1.68. The molecule has 1 saturated carbocycles. The normalized spacial score (nSPS) is 24.3. The summed E-state index contributed by atoms with van der Waals surface area (Å²) in [5.74, 6) is 0.164. The first kappa shape index (κ1) is 21.4. The van der Waals surface area contributed by atoms with Gasteiger partial charge < -0.3 is 21.3 Å². The van der Waals surface area contributed by atoms with Crippen LogP contribution in [0.15, 0.2) is 24.3 Å². The molecule has 4 N–H and O–H groups in total. The van der Waals surface area contributed by atoms with Crippen LogP contribution in [0.1, 0.15) is 44.1 Å². The van der Waals surface area contributed by atoms with Gasteiger partial charge in [0, 0.05) is 43.0 Å². The van der Waals surface area contributed by atoms with E-state index in [2.05, 4.69) is 21.3 Å². The van der Waals surface area contributed by atoms with Crippen LogP contribution in [0, 0.1) is 11.8 Å². The minimum Gasteiger partial charge on any atom is -0.356 e. The van der Waals surface area contributed by atoms with Crippen LogP contribution >= 0.6 is 11.6 Å². The number of amides is 4. The van der Waals surface area contributed by atoms with Gasteiger partial charge in [-0.3, -0.25) is 9.59 Å². The molecule has 158 valence electrons. The van der Waals surface area contributed by atoms with Gasteiger partial charge in [0.1, 0.15) is 0 Å². The molecule has 2 aliphatic rings. The number of carbonyl (C=O) groups excluding carboxylic acids is 3. The number of hydrogen-bond acceptors (Lipinski definition) is 3. The average molecular weight is 421 g/mol. The van der Waals surface area contributed by atoms with Gasteiger partial charge in [-0.1, -0.05) is 23.7 Å². The Morgan fingerprint density at radius 2 is 1.76 bits per heavy atom. The molecule has 0 aromatic heterocycles. The fourth-order valence-corrected chi connectivity index (χ4v) is 4.05. The van der Waals surface area contributed by atoms with Crippen LogP contribution in [0.4, 0.5) is 4.79 Å². The van der Waals surface area contributed by atoms with Gasteiger partial charge in [0.05, 0.1) is 0 Å². The Bertz CT molecular complexity index is 717. The topological polar surface area (TPSA) is 99.3 Å². The van der Waals surface area contributed by atoms with Crippen LogP contribution in [0.3, 0.4) is 0 Å². The van der Waals surface area contributed by atoms with Crippen molar-refractivity contribution in [3.63, 3.8) is 0 Å². The van der Waals surface area contributed by atoms with E-state index in [4.69, 9.17) is 11.6 Å². The third-order valence-corrected chi connectivity index (χ3v) is 5.98. The van der Waals surface area contributed by atoms with Crippen molar-refractivity contribution in [2.45, 2.75) is 51.1 Å². The summed E-state index contributed by atoms with van der Waals surface area (Å²) in [5, 5.41) is 12.3. The molecule has 1 aromatic carbocycles. The molecule has 7 nitrogen and oxygen atoms in total. The second-order valence-corrected chi connectivity index (χ2v) is 8.39. The fraction of sp³-hybridized carbons (Fsp3) is 0.571. The van der Waals surface area contributed by atoms with Crippen LogP contribution in [0.5, 0.6) is 0 Å². The number of carbonyl (C=O) groups is 3. The predicted molar refractivity (Wildman–Crippen MR) is 111 cm³/mol. The van der Waals surface area contributed by atoms with Gasteiger partial charge in [-0.15, -0.1) is 0 Å². The molecule has 0 radical (unpaired) electrons. The lowest BCUT2D eigenvalue weighted by Crippen LogP contribution is -2.45. The van der Waals surface area contributed by atoms with E-state index in [9.17, 15) is 14.4 Å². The van der Waals surface area contributed by atoms with Gasteiger partial charge in [-0.25, -0.2) is 4.79 Å². The summed E-state index contributed by atoms with van der Waals surface area (Å²) in [4.78, 5) is 35.8. The molecule has 0 bridgehead atoms. The molecule has 3 rings (SSSR count). The Labute approximate surface area is 176 Å². The van der Waals surface area contributed by atoms with Crippen LogP contribution in [0.25, 0.3) is 0 Å². The summed E-state index contributed by atoms with van der Waals surface area (Å²) in [5.41, 5.74) is 0.999. The van der Waals surface area contributed by atoms with E-state index in [0.29, 0.717) is 37.0 Å². The number of halogens is 1. The first-order chi connectivity index (χ1) is 14.0. The molecule has 29 heavy (non-hydrogen) atoms. The summed E-state index contributed by atoms with van der Waals surface area (Å²) in [6, 6.07) is 7.39. The third kappa shape index (κ3) is 6.92. The van der Waals surface area contributed by atoms with Crippen molar-refractivity contribution in [1.82, 2.24) is 21.3 Å². The predicted octanol–water partition coefficient (Wildman–Crippen LogP) is 2.34. The lowest BCUT2D eigenvalue weighted by atomic mass is 9.86. The summed E-state index contributed by atoms with van der Waals surface area (Å²) in [7, 11) is 0. The zero-order chi connectivity index (χ0) is 20.6. The van der Waals surface area contributed by atoms with Gasteiger partial charge in [-0.05, 0) is 55.7 Å². The minimum absolute atomic E-state index is 0.0123. The largest absolute Gasteiger partial charge is 0.356 e. The van der Waals surface area contributed by atoms with Gasteiger partial charge in [0.25, 0.3) is 0 Å². The third-order valence-electron chi connectivity index (χ3n) is 5.73. The molecule has 1 aliphatic heterocycles. The van der Waals surface area contributed by atoms with Gasteiger partial charge in [-0.2, -0.15) is 0 Å². The maximum absolute atomic E-state index is 12.2. The molecule has 1 heterocycles. The molecule has 1 aliphatic carbocycles. The van der Waals surface area contributed by atoms with Crippen molar-refractivity contribution in [2.75, 3.05) is 13.1 Å². The van der Waals surface area contributed by atoms with Crippen LogP contribution < -0.4 is 21.3 Å². The number of urea groups is 1. The second-order valence-electron chi connectivity index (χ2n) is 7.96. The highest BCUT2D eigenvalue weighted by atomic mass is 35.5. The molecule has 1 unspecified atom stereocenters. The number of hydrogen-bond donors (Lipinski definition) is 4. The molecule has 4 amide bonds. The maximum atomic E-state index is 12.2. The van der Waals surface area contributed by atoms with Crippen LogP contribution in [-0.4, -0.2) is 37.0 Å². The molecule has 2 fully saturated rings. The Morgan fingerprint density at radius 3 is 2.45 bits per heavy atom. The Hall–Kier alpha value is -2.28. The quantitative estimate of drug-likeness (QED) is 0.568. The van der Waals surface area contributed by atoms with E-state index >= 15 is 0 Å². The van der Waals surface area contributed by atoms with Gasteiger partial charge in [0.2, 0.25) is 11.8 Å². The van der Waals surface area contributed by atoms with Gasteiger partial charge in [0.15, 0.2) is 0 Å². The lowest BCUT2D eigenvalue weighted by Gasteiger charge is -2.30. The highest BCUT2D eigenvalue weighted by Gasteiger charge is 2.27. The molecule has 8 heteroatoms. The average Bonchev–Trinajstić information content (AvgIpc) is 2.72. The number of nitrogens with one attached hydrogen (secondary N) is 4. The Morgan fingerprint density at radius 1 is 1.03 bits per heavy atom. The summed E-state index contributed by atoms with van der Waals surface area (Å²) < 4.78 is 0. The Kier molecular flexibility index (Phi) is 7.75. The van der Waals surface area contributed by atoms with Crippen molar-refractivity contribution >= 4 is 29.4 Å². The summed E-state index contributed by atoms with van der Waals surface area (Å²) >= 11 is 5.86. The standard InChI is InChI=1S/C21H29ClN4O3/c22-17-5-1-14(2-6-17)13-25-21(29)26-18-7-3-15(4-8-18)12-24-20(28)16-9-10-23-19(27)11-16/h1-2,5-6,15-16,18H,3-4,7-13H2,(H,23,27)(H,24,28)(H2,25,26,29). The van der Waals surface area contributed by atoms with E-state index < -0.39 is 0 Å². The SMILES string of the molecule is O=C1CC(C(=O)NCC2CCC(NC(=O)NCc3ccc(Cl)cc3)CC2)CCN1. The number of benzene rings is 1. The first-order valence-electron chi connectivity index (χ1n) is 10.3. The smallest absolute Gasteiger partial charge is 0.315 e. The molecular formula is C21H29ClN4O3. The fourth-order valence-electron chi connectivity index (χ4n) is 3.93.